The van der Waals surface area contributed by atoms with Crippen molar-refractivity contribution in [2.24, 2.45) is 5.73 Å². The molecular formula is C9H11BrClN. The van der Waals surface area contributed by atoms with Gasteiger partial charge in [-0.1, -0.05) is 28.1 Å². The van der Waals surface area contributed by atoms with Gasteiger partial charge in [-0.15, -0.1) is 12.4 Å². The van der Waals surface area contributed by atoms with E-state index in [9.17, 15) is 0 Å². The maximum absolute atomic E-state index is 5.83. The van der Waals surface area contributed by atoms with E-state index in [1.807, 2.05) is 0 Å². The van der Waals surface area contributed by atoms with Crippen LogP contribution in [0.4, 0.5) is 0 Å². The topological polar surface area (TPSA) is 26.0 Å². The summed E-state index contributed by atoms with van der Waals surface area (Å²) >= 11 is 3.52. The summed E-state index contributed by atoms with van der Waals surface area (Å²) in [6.07, 6.45) is 2.06. The second kappa shape index (κ2) is 3.77. The lowest BCUT2D eigenvalue weighted by Gasteiger charge is -1.99. The van der Waals surface area contributed by atoms with Gasteiger partial charge in [-0.2, -0.15) is 0 Å². The van der Waals surface area contributed by atoms with Crippen LogP contribution < -0.4 is 5.73 Å². The van der Waals surface area contributed by atoms with Gasteiger partial charge in [0.2, 0.25) is 0 Å². The summed E-state index contributed by atoms with van der Waals surface area (Å²) in [6.45, 7) is 0. The highest BCUT2D eigenvalue weighted by Crippen LogP contribution is 2.27. The van der Waals surface area contributed by atoms with Crippen LogP contribution in [0.15, 0.2) is 22.7 Å². The third-order valence-electron chi connectivity index (χ3n) is 2.16. The van der Waals surface area contributed by atoms with Crippen LogP contribution in [0.5, 0.6) is 0 Å². The van der Waals surface area contributed by atoms with Gasteiger partial charge < -0.3 is 5.73 Å². The van der Waals surface area contributed by atoms with E-state index in [2.05, 4.69) is 34.1 Å². The summed E-state index contributed by atoms with van der Waals surface area (Å²) in [5, 5.41) is 0. The molecule has 0 bridgehead atoms. The van der Waals surface area contributed by atoms with Gasteiger partial charge in [-0.3, -0.25) is 0 Å². The van der Waals surface area contributed by atoms with E-state index in [0.29, 0.717) is 6.04 Å². The van der Waals surface area contributed by atoms with Crippen LogP contribution in [0.2, 0.25) is 0 Å². The molecule has 0 amide bonds. The van der Waals surface area contributed by atoms with Crippen molar-refractivity contribution in [3.8, 4) is 0 Å². The predicted octanol–water partition coefficient (Wildman–Crippen LogP) is 2.30. The third-order valence-corrected chi connectivity index (χ3v) is 2.91. The lowest BCUT2D eigenvalue weighted by molar-refractivity contribution is 0.720. The van der Waals surface area contributed by atoms with E-state index < -0.39 is 0 Å². The average molecular weight is 249 g/mol. The van der Waals surface area contributed by atoms with Crippen LogP contribution in [0, 0.1) is 0 Å². The third kappa shape index (κ3) is 1.65. The molecule has 0 saturated carbocycles. The van der Waals surface area contributed by atoms with Gasteiger partial charge in [0.15, 0.2) is 0 Å². The molecule has 2 N–H and O–H groups in total. The second-order valence-corrected chi connectivity index (χ2v) is 3.90. The van der Waals surface area contributed by atoms with Crippen molar-refractivity contribution in [3.63, 3.8) is 0 Å². The van der Waals surface area contributed by atoms with Crippen molar-refractivity contribution in [2.75, 3.05) is 0 Å². The van der Waals surface area contributed by atoms with E-state index in [4.69, 9.17) is 5.73 Å². The fourth-order valence-electron chi connectivity index (χ4n) is 1.64. The summed E-state index contributed by atoms with van der Waals surface area (Å²) in [5.41, 5.74) is 8.64. The van der Waals surface area contributed by atoms with Gasteiger partial charge in [-0.25, -0.2) is 0 Å². The zero-order chi connectivity index (χ0) is 7.84. The molecule has 0 spiro atoms. The highest BCUT2D eigenvalue weighted by atomic mass is 79.9. The number of rotatable bonds is 0. The van der Waals surface area contributed by atoms with Crippen molar-refractivity contribution in [1.29, 1.82) is 0 Å². The molecule has 3 heteroatoms. The highest BCUT2D eigenvalue weighted by molar-refractivity contribution is 9.10. The molecule has 0 aromatic heterocycles. The van der Waals surface area contributed by atoms with Crippen molar-refractivity contribution in [3.05, 3.63) is 33.8 Å². The van der Waals surface area contributed by atoms with E-state index >= 15 is 0 Å². The molecule has 0 radical (unpaired) electrons. The molecule has 1 aliphatic carbocycles. The minimum Gasteiger partial charge on any atom is -0.327 e. The molecule has 0 heterocycles. The first kappa shape index (κ1) is 10.0. The number of halogens is 2. The molecule has 1 aromatic rings. The van der Waals surface area contributed by atoms with Gasteiger partial charge >= 0.3 is 0 Å². The molecule has 1 aliphatic rings. The Morgan fingerprint density at radius 2 is 2.08 bits per heavy atom. The molecule has 1 unspecified atom stereocenters. The fraction of sp³-hybridized carbons (Fsp3) is 0.333. The fourth-order valence-corrected chi connectivity index (χ4v) is 2.21. The summed E-state index contributed by atoms with van der Waals surface area (Å²) in [5.74, 6) is 0. The molecule has 12 heavy (non-hydrogen) atoms. The normalized spacial score (nSPS) is 20.0. The van der Waals surface area contributed by atoms with Crippen LogP contribution in [-0.4, -0.2) is 6.04 Å². The molecule has 1 nitrogen and oxygen atoms in total. The highest BCUT2D eigenvalue weighted by Gasteiger charge is 2.19. The Bertz CT molecular complexity index is 288. The Kier molecular flexibility index (Phi) is 3.16. The van der Waals surface area contributed by atoms with Gasteiger partial charge in [0.25, 0.3) is 0 Å². The Morgan fingerprint density at radius 1 is 1.33 bits per heavy atom. The van der Waals surface area contributed by atoms with Gasteiger partial charge in [0, 0.05) is 10.5 Å². The van der Waals surface area contributed by atoms with E-state index in [1.54, 1.807) is 0 Å². The van der Waals surface area contributed by atoms with Crippen molar-refractivity contribution in [1.82, 2.24) is 0 Å². The maximum Gasteiger partial charge on any atom is 0.0210 e. The second-order valence-electron chi connectivity index (χ2n) is 3.05. The average Bonchev–Trinajstić information content (AvgIpc) is 2.31. The molecule has 0 aliphatic heterocycles. The molecule has 2 rings (SSSR count). The predicted molar refractivity (Wildman–Crippen MR) is 56.8 cm³/mol. The van der Waals surface area contributed by atoms with E-state index in [0.717, 1.165) is 12.8 Å². The van der Waals surface area contributed by atoms with Gasteiger partial charge in [0.05, 0.1) is 0 Å². The number of nitrogens with two attached hydrogens (primary N) is 1. The van der Waals surface area contributed by atoms with Gasteiger partial charge in [0.1, 0.15) is 0 Å². The first-order valence-corrected chi connectivity index (χ1v) is 4.58. The quantitative estimate of drug-likeness (QED) is 0.749. The Morgan fingerprint density at radius 3 is 2.75 bits per heavy atom. The van der Waals surface area contributed by atoms with Crippen LogP contribution in [-0.2, 0) is 12.8 Å². The summed E-state index contributed by atoms with van der Waals surface area (Å²) in [4.78, 5) is 0. The molecule has 0 saturated heterocycles. The molecular weight excluding hydrogens is 237 g/mol. The molecule has 1 aromatic carbocycles. The van der Waals surface area contributed by atoms with Crippen molar-refractivity contribution >= 4 is 28.3 Å². The monoisotopic (exact) mass is 247 g/mol. The summed E-state index contributed by atoms with van der Waals surface area (Å²) in [6, 6.07) is 6.65. The summed E-state index contributed by atoms with van der Waals surface area (Å²) in [7, 11) is 0. The van der Waals surface area contributed by atoms with Crippen LogP contribution >= 0.6 is 28.3 Å². The Hall–Kier alpha value is -0.0500. The first-order chi connectivity index (χ1) is 5.27. The Labute approximate surface area is 86.9 Å². The van der Waals surface area contributed by atoms with Crippen molar-refractivity contribution < 1.29 is 0 Å². The van der Waals surface area contributed by atoms with Crippen LogP contribution in [0.25, 0.3) is 0 Å². The SMILES string of the molecule is Cl.NC1Cc2cccc(Br)c2C1. The lowest BCUT2D eigenvalue weighted by Crippen LogP contribution is -2.19. The zero-order valence-corrected chi connectivity index (χ0v) is 8.99. The minimum atomic E-state index is 0. The largest absolute Gasteiger partial charge is 0.327 e. The smallest absolute Gasteiger partial charge is 0.0210 e. The zero-order valence-electron chi connectivity index (χ0n) is 6.59. The minimum absolute atomic E-state index is 0. The van der Waals surface area contributed by atoms with Crippen LogP contribution in [0.3, 0.4) is 0 Å². The van der Waals surface area contributed by atoms with Crippen LogP contribution in [0.1, 0.15) is 11.1 Å². The van der Waals surface area contributed by atoms with E-state index in [1.165, 1.54) is 15.6 Å². The first-order valence-electron chi connectivity index (χ1n) is 3.79. The maximum atomic E-state index is 5.83. The standard InChI is InChI=1S/C9H10BrN.ClH/c10-9-3-1-2-6-4-7(11)5-8(6)9;/h1-3,7H,4-5,11H2;1H. The summed E-state index contributed by atoms with van der Waals surface area (Å²) < 4.78 is 1.21. The molecule has 0 fully saturated rings. The Balaban J connectivity index is 0.000000720. The number of hydrogen-bond acceptors (Lipinski definition) is 1. The number of hydrogen-bond donors (Lipinski definition) is 1. The van der Waals surface area contributed by atoms with Crippen molar-refractivity contribution in [2.45, 2.75) is 18.9 Å². The molecule has 66 valence electrons. The lowest BCUT2D eigenvalue weighted by atomic mass is 10.1. The molecule has 1 atom stereocenters. The van der Waals surface area contributed by atoms with Gasteiger partial charge in [-0.05, 0) is 30.0 Å². The number of benzene rings is 1. The number of fused-ring (bicyclic) bond motifs is 1. The van der Waals surface area contributed by atoms with E-state index in [-0.39, 0.29) is 12.4 Å².